The molecule has 1 heterocycles. The fraction of sp³-hybridized carbons (Fsp3) is 0.500. The monoisotopic (exact) mass is 248 g/mol. The number of thioether (sulfide) groups is 1. The fourth-order valence-corrected chi connectivity index (χ4v) is 3.23. The van der Waals surface area contributed by atoms with Crippen molar-refractivity contribution in [2.24, 2.45) is 10.9 Å². The number of aliphatic imine (C=N–C) groups is 1. The zero-order valence-electron chi connectivity index (χ0n) is 10.9. The van der Waals surface area contributed by atoms with E-state index in [-0.39, 0.29) is 6.04 Å². The van der Waals surface area contributed by atoms with E-state index in [0.29, 0.717) is 11.3 Å². The quantitative estimate of drug-likeness (QED) is 0.814. The zero-order valence-corrected chi connectivity index (χ0v) is 11.7. The molecule has 3 heteroatoms. The van der Waals surface area contributed by atoms with E-state index < -0.39 is 0 Å². The second kappa shape index (κ2) is 5.23. The maximum Gasteiger partial charge on any atom is 0.101 e. The van der Waals surface area contributed by atoms with Crippen LogP contribution in [0, 0.1) is 5.92 Å². The van der Waals surface area contributed by atoms with Crippen LogP contribution in [0.3, 0.4) is 0 Å². The molecular weight excluding hydrogens is 228 g/mol. The molecule has 1 aromatic rings. The highest BCUT2D eigenvalue weighted by Crippen LogP contribution is 2.40. The fourth-order valence-electron chi connectivity index (χ4n) is 1.98. The molecule has 0 radical (unpaired) electrons. The lowest BCUT2D eigenvalue weighted by atomic mass is 10.1. The number of hydrogen-bond acceptors (Lipinski definition) is 3. The Bertz CT molecular complexity index is 398. The summed E-state index contributed by atoms with van der Waals surface area (Å²) in [5.74, 6) is 0.524. The maximum absolute atomic E-state index is 4.90. The first-order valence-corrected chi connectivity index (χ1v) is 6.93. The van der Waals surface area contributed by atoms with Gasteiger partial charge < -0.3 is 0 Å². The van der Waals surface area contributed by atoms with Crippen molar-refractivity contribution < 1.29 is 0 Å². The summed E-state index contributed by atoms with van der Waals surface area (Å²) in [6.45, 7) is 4.43. The number of benzene rings is 1. The molecule has 0 aromatic heterocycles. The predicted octanol–water partition coefficient (Wildman–Crippen LogP) is 3.42. The maximum atomic E-state index is 4.90. The number of hydrogen-bond donors (Lipinski definition) is 0. The van der Waals surface area contributed by atoms with E-state index in [9.17, 15) is 0 Å². The smallest absolute Gasteiger partial charge is 0.101 e. The molecule has 0 saturated carbocycles. The summed E-state index contributed by atoms with van der Waals surface area (Å²) in [5, 5.41) is 1.70. The normalized spacial score (nSPS) is 24.5. The van der Waals surface area contributed by atoms with Crippen molar-refractivity contribution in [1.29, 1.82) is 0 Å². The molecule has 2 rings (SSSR count). The van der Waals surface area contributed by atoms with Crippen molar-refractivity contribution in [1.82, 2.24) is 4.90 Å². The molecule has 0 amide bonds. The summed E-state index contributed by atoms with van der Waals surface area (Å²) >= 11 is 1.91. The minimum absolute atomic E-state index is 0.272. The average Bonchev–Trinajstić information content (AvgIpc) is 2.75. The Hall–Kier alpha value is -0.800. The lowest BCUT2D eigenvalue weighted by molar-refractivity contribution is 0.349. The van der Waals surface area contributed by atoms with E-state index in [2.05, 4.69) is 63.2 Å². The van der Waals surface area contributed by atoms with Gasteiger partial charge in [-0.1, -0.05) is 55.9 Å². The number of likely N-dealkylation sites (N-methyl/N-ethyl adjacent to an activating group) is 1. The summed E-state index contributed by atoms with van der Waals surface area (Å²) in [5.41, 5.74) is 1.31. The molecule has 0 aliphatic carbocycles. The molecule has 92 valence electrons. The molecule has 17 heavy (non-hydrogen) atoms. The van der Waals surface area contributed by atoms with E-state index in [0.717, 1.165) is 0 Å². The SMILES string of the molecule is CC(C)C1=N[C@H](c2ccccc2)[C@@H](N(C)C)S1. The van der Waals surface area contributed by atoms with Crippen molar-refractivity contribution in [3.05, 3.63) is 35.9 Å². The number of nitrogens with zero attached hydrogens (tertiary/aromatic N) is 2. The molecule has 0 fully saturated rings. The van der Waals surface area contributed by atoms with Gasteiger partial charge in [-0.3, -0.25) is 9.89 Å². The van der Waals surface area contributed by atoms with Crippen molar-refractivity contribution in [3.63, 3.8) is 0 Å². The highest BCUT2D eigenvalue weighted by molar-refractivity contribution is 8.14. The largest absolute Gasteiger partial charge is 0.295 e. The first-order valence-electron chi connectivity index (χ1n) is 6.05. The minimum Gasteiger partial charge on any atom is -0.295 e. The van der Waals surface area contributed by atoms with Crippen LogP contribution in [-0.4, -0.2) is 29.4 Å². The zero-order chi connectivity index (χ0) is 12.4. The summed E-state index contributed by atoms with van der Waals surface area (Å²) in [4.78, 5) is 7.16. The second-order valence-electron chi connectivity index (χ2n) is 4.95. The lowest BCUT2D eigenvalue weighted by Gasteiger charge is -2.24. The number of rotatable bonds is 3. The Balaban J connectivity index is 2.29. The minimum atomic E-state index is 0.272. The van der Waals surface area contributed by atoms with Gasteiger partial charge >= 0.3 is 0 Å². The van der Waals surface area contributed by atoms with Gasteiger partial charge in [0.1, 0.15) is 6.04 Å². The van der Waals surface area contributed by atoms with Crippen LogP contribution in [0.5, 0.6) is 0 Å². The Morgan fingerprint density at radius 2 is 1.82 bits per heavy atom. The van der Waals surface area contributed by atoms with Gasteiger partial charge in [-0.25, -0.2) is 0 Å². The van der Waals surface area contributed by atoms with Crippen LogP contribution < -0.4 is 0 Å². The van der Waals surface area contributed by atoms with Crippen molar-refractivity contribution >= 4 is 16.8 Å². The standard InChI is InChI=1S/C14H20N2S/c1-10(2)13-15-12(14(17-13)16(3)4)11-8-6-5-7-9-11/h5-10,12,14H,1-4H3/t12-,14+/m1/s1. The molecule has 0 N–H and O–H groups in total. The topological polar surface area (TPSA) is 15.6 Å². The van der Waals surface area contributed by atoms with Gasteiger partial charge in [0.05, 0.1) is 10.4 Å². The van der Waals surface area contributed by atoms with Gasteiger partial charge in [0.25, 0.3) is 0 Å². The summed E-state index contributed by atoms with van der Waals surface area (Å²) in [6.07, 6.45) is 0. The Kier molecular flexibility index (Phi) is 3.89. The van der Waals surface area contributed by atoms with E-state index in [1.54, 1.807) is 0 Å². The molecule has 1 aromatic carbocycles. The molecule has 2 atom stereocenters. The first kappa shape index (κ1) is 12.7. The summed E-state index contributed by atoms with van der Waals surface area (Å²) < 4.78 is 0. The van der Waals surface area contributed by atoms with Crippen LogP contribution in [-0.2, 0) is 0 Å². The van der Waals surface area contributed by atoms with Crippen LogP contribution in [0.2, 0.25) is 0 Å². The van der Waals surface area contributed by atoms with E-state index in [1.165, 1.54) is 10.6 Å². The molecule has 0 spiro atoms. The average molecular weight is 248 g/mol. The highest BCUT2D eigenvalue weighted by Gasteiger charge is 2.33. The third-order valence-electron chi connectivity index (χ3n) is 2.92. The molecule has 1 aliphatic rings. The third kappa shape index (κ3) is 2.72. The Morgan fingerprint density at radius 1 is 1.18 bits per heavy atom. The highest BCUT2D eigenvalue weighted by atomic mass is 32.2. The molecule has 1 aliphatic heterocycles. The predicted molar refractivity (Wildman–Crippen MR) is 76.5 cm³/mol. The van der Waals surface area contributed by atoms with Gasteiger partial charge in [0, 0.05) is 5.92 Å². The summed E-state index contributed by atoms with van der Waals surface area (Å²) in [6, 6.07) is 10.9. The van der Waals surface area contributed by atoms with E-state index in [1.807, 2.05) is 11.8 Å². The molecule has 2 nitrogen and oxygen atoms in total. The van der Waals surface area contributed by atoms with Gasteiger partial charge in [-0.05, 0) is 19.7 Å². The van der Waals surface area contributed by atoms with Gasteiger partial charge in [-0.15, -0.1) is 0 Å². The van der Waals surface area contributed by atoms with Crippen molar-refractivity contribution in [2.75, 3.05) is 14.1 Å². The van der Waals surface area contributed by atoms with Crippen molar-refractivity contribution in [2.45, 2.75) is 25.3 Å². The van der Waals surface area contributed by atoms with E-state index >= 15 is 0 Å². The van der Waals surface area contributed by atoms with E-state index in [4.69, 9.17) is 4.99 Å². The van der Waals surface area contributed by atoms with Gasteiger partial charge in [0.15, 0.2) is 0 Å². The third-order valence-corrected chi connectivity index (χ3v) is 4.66. The first-order chi connectivity index (χ1) is 8.09. The van der Waals surface area contributed by atoms with Crippen LogP contribution in [0.1, 0.15) is 25.5 Å². The van der Waals surface area contributed by atoms with Crippen LogP contribution >= 0.6 is 11.8 Å². The Labute approximate surface area is 108 Å². The van der Waals surface area contributed by atoms with Gasteiger partial charge in [0.2, 0.25) is 0 Å². The lowest BCUT2D eigenvalue weighted by Crippen LogP contribution is -2.28. The molecular formula is C14H20N2S. The van der Waals surface area contributed by atoms with Crippen LogP contribution in [0.25, 0.3) is 0 Å². The van der Waals surface area contributed by atoms with Crippen LogP contribution in [0.4, 0.5) is 0 Å². The second-order valence-corrected chi connectivity index (χ2v) is 6.09. The Morgan fingerprint density at radius 3 is 2.35 bits per heavy atom. The van der Waals surface area contributed by atoms with Crippen LogP contribution in [0.15, 0.2) is 35.3 Å². The van der Waals surface area contributed by atoms with Crippen molar-refractivity contribution in [3.8, 4) is 0 Å². The summed E-state index contributed by atoms with van der Waals surface area (Å²) in [7, 11) is 4.26. The molecule has 0 unspecified atom stereocenters. The molecule has 0 saturated heterocycles. The van der Waals surface area contributed by atoms with Gasteiger partial charge in [-0.2, -0.15) is 0 Å². The molecule has 0 bridgehead atoms.